The summed E-state index contributed by atoms with van der Waals surface area (Å²) in [6, 6.07) is 0.248. The highest BCUT2D eigenvalue weighted by atomic mass is 19.3. The molecule has 1 heterocycles. The highest BCUT2D eigenvalue weighted by Gasteiger charge is 2.26. The molecule has 0 saturated carbocycles. The molecule has 0 radical (unpaired) electrons. The molecule has 0 aliphatic heterocycles. The van der Waals surface area contributed by atoms with E-state index >= 15 is 0 Å². The molecule has 4 nitrogen and oxygen atoms in total. The van der Waals surface area contributed by atoms with Crippen LogP contribution in [0.2, 0.25) is 0 Å². The van der Waals surface area contributed by atoms with Crippen LogP contribution in [-0.4, -0.2) is 33.7 Å². The van der Waals surface area contributed by atoms with Crippen molar-refractivity contribution < 1.29 is 13.9 Å². The molecule has 16 heavy (non-hydrogen) atoms. The van der Waals surface area contributed by atoms with Crippen LogP contribution in [0.25, 0.3) is 0 Å². The molecule has 0 fully saturated rings. The van der Waals surface area contributed by atoms with Crippen LogP contribution in [0.1, 0.15) is 25.6 Å². The van der Waals surface area contributed by atoms with Gasteiger partial charge in [-0.3, -0.25) is 0 Å². The second-order valence-corrected chi connectivity index (χ2v) is 4.00. The van der Waals surface area contributed by atoms with E-state index in [-0.39, 0.29) is 6.04 Å². The normalized spacial score (nSPS) is 12.4. The minimum absolute atomic E-state index is 0.248. The van der Waals surface area contributed by atoms with Gasteiger partial charge >= 0.3 is 0 Å². The van der Waals surface area contributed by atoms with E-state index in [1.54, 1.807) is 12.5 Å². The fourth-order valence-electron chi connectivity index (χ4n) is 1.36. The summed E-state index contributed by atoms with van der Waals surface area (Å²) in [6.45, 7) is 2.63. The summed E-state index contributed by atoms with van der Waals surface area (Å²) in [5.41, 5.74) is 0.851. The fourth-order valence-corrected chi connectivity index (χ4v) is 1.36. The second-order valence-electron chi connectivity index (χ2n) is 4.00. The Morgan fingerprint density at radius 3 is 2.81 bits per heavy atom. The number of hydrogen-bond donors (Lipinski definition) is 2. The topological polar surface area (TPSA) is 50.1 Å². The Balaban J connectivity index is 2.46. The molecule has 92 valence electrons. The van der Waals surface area contributed by atoms with Gasteiger partial charge in [0.15, 0.2) is 0 Å². The van der Waals surface area contributed by atoms with Gasteiger partial charge in [-0.2, -0.15) is 0 Å². The van der Waals surface area contributed by atoms with Crippen LogP contribution < -0.4 is 5.32 Å². The minimum atomic E-state index is -3.07. The van der Waals surface area contributed by atoms with E-state index in [1.807, 2.05) is 18.4 Å². The molecule has 1 aromatic heterocycles. The fraction of sp³-hybridized carbons (Fsp3) is 0.700. The first kappa shape index (κ1) is 13.1. The van der Waals surface area contributed by atoms with E-state index in [2.05, 4.69) is 10.3 Å². The largest absolute Gasteiger partial charge is 0.390 e. The van der Waals surface area contributed by atoms with Crippen molar-refractivity contribution in [1.29, 1.82) is 0 Å². The van der Waals surface area contributed by atoms with E-state index < -0.39 is 19.1 Å². The molecule has 1 rings (SSSR count). The highest BCUT2D eigenvalue weighted by Crippen LogP contribution is 2.11. The lowest BCUT2D eigenvalue weighted by Gasteiger charge is -2.15. The third-order valence-electron chi connectivity index (χ3n) is 2.22. The van der Waals surface area contributed by atoms with Crippen molar-refractivity contribution in [3.05, 3.63) is 18.2 Å². The molecule has 6 heteroatoms. The quantitative estimate of drug-likeness (QED) is 0.775. The first-order valence-corrected chi connectivity index (χ1v) is 5.16. The van der Waals surface area contributed by atoms with Crippen molar-refractivity contribution in [3.63, 3.8) is 0 Å². The molecular formula is C10H17F2N3O. The van der Waals surface area contributed by atoms with Gasteiger partial charge < -0.3 is 15.0 Å². The Kier molecular flexibility index (Phi) is 4.37. The summed E-state index contributed by atoms with van der Waals surface area (Å²) in [5, 5.41) is 11.0. The van der Waals surface area contributed by atoms with Gasteiger partial charge in [0.25, 0.3) is 5.92 Å². The Morgan fingerprint density at radius 2 is 2.25 bits per heavy atom. The molecular weight excluding hydrogens is 216 g/mol. The maximum atomic E-state index is 12.7. The highest BCUT2D eigenvalue weighted by molar-refractivity contribution is 4.99. The SMILES string of the molecule is CC(C)n1cncc1CNCC(F)(F)CO. The molecule has 0 spiro atoms. The van der Waals surface area contributed by atoms with Crippen molar-refractivity contribution in [1.82, 2.24) is 14.9 Å². The van der Waals surface area contributed by atoms with Crippen LogP contribution in [0, 0.1) is 0 Å². The van der Waals surface area contributed by atoms with Crippen LogP contribution in [-0.2, 0) is 6.54 Å². The number of aromatic nitrogens is 2. The molecule has 0 aliphatic carbocycles. The number of aliphatic hydroxyl groups excluding tert-OH is 1. The van der Waals surface area contributed by atoms with Gasteiger partial charge in [-0.05, 0) is 13.8 Å². The molecule has 0 aromatic carbocycles. The second kappa shape index (κ2) is 5.36. The van der Waals surface area contributed by atoms with Crippen LogP contribution in [0.5, 0.6) is 0 Å². The maximum absolute atomic E-state index is 12.7. The summed E-state index contributed by atoms with van der Waals surface area (Å²) in [7, 11) is 0. The Morgan fingerprint density at radius 1 is 1.56 bits per heavy atom. The molecule has 0 saturated heterocycles. The van der Waals surface area contributed by atoms with Crippen LogP contribution in [0.4, 0.5) is 8.78 Å². The zero-order valence-corrected chi connectivity index (χ0v) is 9.45. The summed E-state index contributed by atoms with van der Waals surface area (Å²) < 4.78 is 27.3. The average Bonchev–Trinajstić information content (AvgIpc) is 2.66. The van der Waals surface area contributed by atoms with E-state index in [4.69, 9.17) is 5.11 Å². The molecule has 0 amide bonds. The lowest BCUT2D eigenvalue weighted by Crippen LogP contribution is -2.35. The lowest BCUT2D eigenvalue weighted by molar-refractivity contribution is -0.0478. The van der Waals surface area contributed by atoms with E-state index in [0.29, 0.717) is 6.54 Å². The summed E-state index contributed by atoms with van der Waals surface area (Å²) >= 11 is 0. The molecule has 0 unspecified atom stereocenters. The third-order valence-corrected chi connectivity index (χ3v) is 2.22. The van der Waals surface area contributed by atoms with E-state index in [9.17, 15) is 8.78 Å². The Bertz CT molecular complexity index is 326. The smallest absolute Gasteiger partial charge is 0.282 e. The Hall–Kier alpha value is -1.01. The predicted molar refractivity (Wildman–Crippen MR) is 56.4 cm³/mol. The first-order chi connectivity index (χ1) is 7.46. The molecule has 0 atom stereocenters. The number of nitrogens with one attached hydrogen (secondary N) is 1. The van der Waals surface area contributed by atoms with Crippen LogP contribution in [0.3, 0.4) is 0 Å². The molecule has 0 bridgehead atoms. The van der Waals surface area contributed by atoms with E-state index in [0.717, 1.165) is 5.69 Å². The summed E-state index contributed by atoms with van der Waals surface area (Å²) in [5.74, 6) is -3.07. The number of nitrogens with zero attached hydrogens (tertiary/aromatic N) is 2. The number of imidazole rings is 1. The van der Waals surface area contributed by atoms with Gasteiger partial charge in [0.05, 0.1) is 18.6 Å². The van der Waals surface area contributed by atoms with Crippen molar-refractivity contribution in [2.24, 2.45) is 0 Å². The molecule has 1 aromatic rings. The standard InChI is InChI=1S/C10H17F2N3O/c1-8(2)15-7-14-4-9(15)3-13-5-10(11,12)6-16/h4,7-8,13,16H,3,5-6H2,1-2H3. The van der Waals surface area contributed by atoms with Crippen molar-refractivity contribution in [3.8, 4) is 0 Å². The van der Waals surface area contributed by atoms with Crippen LogP contribution in [0.15, 0.2) is 12.5 Å². The maximum Gasteiger partial charge on any atom is 0.282 e. The average molecular weight is 233 g/mol. The Labute approximate surface area is 93.3 Å². The number of rotatable bonds is 6. The summed E-state index contributed by atoms with van der Waals surface area (Å²) in [6.07, 6.45) is 3.32. The summed E-state index contributed by atoms with van der Waals surface area (Å²) in [4.78, 5) is 3.96. The lowest BCUT2D eigenvalue weighted by atomic mass is 10.3. The van der Waals surface area contributed by atoms with Crippen LogP contribution >= 0.6 is 0 Å². The number of alkyl halides is 2. The van der Waals surface area contributed by atoms with Crippen molar-refractivity contribution in [2.45, 2.75) is 32.4 Å². The van der Waals surface area contributed by atoms with Gasteiger partial charge in [0, 0.05) is 18.8 Å². The van der Waals surface area contributed by atoms with Gasteiger partial charge in [-0.25, -0.2) is 13.8 Å². The monoisotopic (exact) mass is 233 g/mol. The van der Waals surface area contributed by atoms with Gasteiger partial charge in [0.1, 0.15) is 6.61 Å². The van der Waals surface area contributed by atoms with Gasteiger partial charge in [-0.15, -0.1) is 0 Å². The van der Waals surface area contributed by atoms with Gasteiger partial charge in [0.2, 0.25) is 0 Å². The number of hydrogen-bond acceptors (Lipinski definition) is 3. The predicted octanol–water partition coefficient (Wildman–Crippen LogP) is 1.18. The number of halogens is 2. The third kappa shape index (κ3) is 3.53. The van der Waals surface area contributed by atoms with E-state index in [1.165, 1.54) is 0 Å². The zero-order valence-electron chi connectivity index (χ0n) is 9.45. The number of aliphatic hydroxyl groups is 1. The first-order valence-electron chi connectivity index (χ1n) is 5.16. The van der Waals surface area contributed by atoms with Crippen molar-refractivity contribution in [2.75, 3.05) is 13.2 Å². The molecule has 0 aliphatic rings. The minimum Gasteiger partial charge on any atom is -0.390 e. The zero-order chi connectivity index (χ0) is 12.2. The molecule has 2 N–H and O–H groups in total. The van der Waals surface area contributed by atoms with Crippen molar-refractivity contribution >= 4 is 0 Å². The van der Waals surface area contributed by atoms with Gasteiger partial charge in [-0.1, -0.05) is 0 Å².